The van der Waals surface area contributed by atoms with E-state index in [4.69, 9.17) is 5.11 Å². The Morgan fingerprint density at radius 2 is 1.71 bits per heavy atom. The van der Waals surface area contributed by atoms with Crippen molar-refractivity contribution in [2.45, 2.75) is 19.3 Å². The maximum absolute atomic E-state index is 12.2. The molecule has 110 valence electrons. The van der Waals surface area contributed by atoms with Crippen LogP contribution in [0.3, 0.4) is 0 Å². The van der Waals surface area contributed by atoms with Crippen LogP contribution in [0.5, 0.6) is 0 Å². The molecule has 1 N–H and O–H groups in total. The van der Waals surface area contributed by atoms with Gasteiger partial charge in [0.15, 0.2) is 0 Å². The second kappa shape index (κ2) is 5.72. The first-order chi connectivity index (χ1) is 10.1. The molecule has 21 heavy (non-hydrogen) atoms. The van der Waals surface area contributed by atoms with E-state index in [0.717, 1.165) is 18.7 Å². The smallest absolute Gasteiger partial charge is 0.335 e. The van der Waals surface area contributed by atoms with Crippen molar-refractivity contribution < 1.29 is 14.7 Å². The lowest BCUT2D eigenvalue weighted by Crippen LogP contribution is -2.27. The zero-order chi connectivity index (χ0) is 14.8. The molecule has 1 aliphatic heterocycles. The summed E-state index contributed by atoms with van der Waals surface area (Å²) in [5.74, 6) is 0.534. The Labute approximate surface area is 124 Å². The van der Waals surface area contributed by atoms with Crippen LogP contribution in [0.1, 0.15) is 35.2 Å². The molecule has 4 nitrogen and oxygen atoms in total. The van der Waals surface area contributed by atoms with E-state index in [1.165, 1.54) is 19.3 Å². The van der Waals surface area contributed by atoms with Gasteiger partial charge in [-0.15, -0.1) is 0 Å². The molecule has 1 aromatic rings. The number of carboxylic acids is 1. The molecule has 1 heterocycles. The molecular formula is C17H19NO3. The van der Waals surface area contributed by atoms with Crippen LogP contribution in [0.2, 0.25) is 0 Å². The molecule has 4 heteroatoms. The van der Waals surface area contributed by atoms with Crippen LogP contribution >= 0.6 is 0 Å². The van der Waals surface area contributed by atoms with Crippen LogP contribution in [-0.4, -0.2) is 35.0 Å². The molecular weight excluding hydrogens is 266 g/mol. The SMILES string of the molecule is O=C(O)c1ccc(/C=C/C(=O)N2C[C@H]3CCC[C@H]3C2)cc1. The first kappa shape index (κ1) is 13.9. The maximum Gasteiger partial charge on any atom is 0.335 e. The average Bonchev–Trinajstić information content (AvgIpc) is 3.06. The highest BCUT2D eigenvalue weighted by atomic mass is 16.4. The van der Waals surface area contributed by atoms with Gasteiger partial charge < -0.3 is 10.0 Å². The summed E-state index contributed by atoms with van der Waals surface area (Å²) in [5, 5.41) is 8.84. The number of carbonyl (C=O) groups excluding carboxylic acids is 1. The number of nitrogens with zero attached hydrogens (tertiary/aromatic N) is 1. The minimum absolute atomic E-state index is 0.0618. The molecule has 2 aliphatic rings. The summed E-state index contributed by atoms with van der Waals surface area (Å²) in [5.41, 5.74) is 1.10. The van der Waals surface area contributed by atoms with Crippen molar-refractivity contribution in [3.05, 3.63) is 41.5 Å². The van der Waals surface area contributed by atoms with Crippen LogP contribution in [0, 0.1) is 11.8 Å². The van der Waals surface area contributed by atoms with Crippen molar-refractivity contribution >= 4 is 18.0 Å². The monoisotopic (exact) mass is 285 g/mol. The number of carboxylic acid groups (broad SMARTS) is 1. The van der Waals surface area contributed by atoms with Crippen LogP contribution in [0.4, 0.5) is 0 Å². The molecule has 2 atom stereocenters. The minimum Gasteiger partial charge on any atom is -0.478 e. The molecule has 1 aliphatic carbocycles. The summed E-state index contributed by atoms with van der Waals surface area (Å²) in [6, 6.07) is 6.53. The first-order valence-electron chi connectivity index (χ1n) is 7.44. The van der Waals surface area contributed by atoms with E-state index in [-0.39, 0.29) is 11.5 Å². The molecule has 0 bridgehead atoms. The number of hydrogen-bond donors (Lipinski definition) is 1. The van der Waals surface area contributed by atoms with Gasteiger partial charge in [-0.25, -0.2) is 4.79 Å². The maximum atomic E-state index is 12.2. The second-order valence-electron chi connectivity index (χ2n) is 5.95. The predicted octanol–water partition coefficient (Wildman–Crippen LogP) is 2.66. The highest BCUT2D eigenvalue weighted by Crippen LogP contribution is 2.37. The van der Waals surface area contributed by atoms with Crippen molar-refractivity contribution in [2.75, 3.05) is 13.1 Å². The summed E-state index contributed by atoms with van der Waals surface area (Å²) in [6.07, 6.45) is 7.17. The topological polar surface area (TPSA) is 57.6 Å². The van der Waals surface area contributed by atoms with Gasteiger partial charge in [0, 0.05) is 19.2 Å². The van der Waals surface area contributed by atoms with E-state index in [1.54, 1.807) is 36.4 Å². The summed E-state index contributed by atoms with van der Waals surface area (Å²) in [6.45, 7) is 1.79. The Hall–Kier alpha value is -2.10. The lowest BCUT2D eigenvalue weighted by molar-refractivity contribution is -0.125. The third kappa shape index (κ3) is 2.99. The summed E-state index contributed by atoms with van der Waals surface area (Å²) < 4.78 is 0. The zero-order valence-electron chi connectivity index (χ0n) is 11.9. The third-order valence-electron chi connectivity index (χ3n) is 4.61. The average molecular weight is 285 g/mol. The molecule has 0 radical (unpaired) electrons. The lowest BCUT2D eigenvalue weighted by atomic mass is 10.0. The fraction of sp³-hybridized carbons (Fsp3) is 0.412. The highest BCUT2D eigenvalue weighted by Gasteiger charge is 2.37. The Morgan fingerprint density at radius 3 is 2.29 bits per heavy atom. The molecule has 1 saturated carbocycles. The van der Waals surface area contributed by atoms with E-state index in [0.29, 0.717) is 11.8 Å². The number of carbonyl (C=O) groups is 2. The second-order valence-corrected chi connectivity index (χ2v) is 5.95. The van der Waals surface area contributed by atoms with Crippen molar-refractivity contribution in [3.63, 3.8) is 0 Å². The van der Waals surface area contributed by atoms with E-state index < -0.39 is 5.97 Å². The van der Waals surface area contributed by atoms with Gasteiger partial charge in [-0.05, 0) is 48.4 Å². The Bertz CT molecular complexity index is 564. The van der Waals surface area contributed by atoms with Gasteiger partial charge in [0.1, 0.15) is 0 Å². The summed E-state index contributed by atoms with van der Waals surface area (Å²) in [7, 11) is 0. The Kier molecular flexibility index (Phi) is 3.78. The Balaban J connectivity index is 1.60. The number of benzene rings is 1. The number of aromatic carboxylic acids is 1. The first-order valence-corrected chi connectivity index (χ1v) is 7.44. The van der Waals surface area contributed by atoms with Crippen molar-refractivity contribution in [1.29, 1.82) is 0 Å². The normalized spacial score (nSPS) is 24.5. The molecule has 1 saturated heterocycles. The largest absolute Gasteiger partial charge is 0.478 e. The van der Waals surface area contributed by atoms with Gasteiger partial charge in [0.2, 0.25) is 5.91 Å². The van der Waals surface area contributed by atoms with Gasteiger partial charge in [-0.1, -0.05) is 18.6 Å². The number of rotatable bonds is 3. The summed E-state index contributed by atoms with van der Waals surface area (Å²) >= 11 is 0. The third-order valence-corrected chi connectivity index (χ3v) is 4.61. The van der Waals surface area contributed by atoms with Gasteiger partial charge in [0.05, 0.1) is 5.56 Å². The number of fused-ring (bicyclic) bond motifs is 1. The molecule has 0 spiro atoms. The van der Waals surface area contributed by atoms with Gasteiger partial charge >= 0.3 is 5.97 Å². The van der Waals surface area contributed by atoms with Crippen molar-refractivity contribution in [1.82, 2.24) is 4.90 Å². The summed E-state index contributed by atoms with van der Waals surface area (Å²) in [4.78, 5) is 24.9. The number of amides is 1. The van der Waals surface area contributed by atoms with Crippen molar-refractivity contribution in [3.8, 4) is 0 Å². The molecule has 0 aromatic heterocycles. The van der Waals surface area contributed by atoms with Crippen molar-refractivity contribution in [2.24, 2.45) is 11.8 Å². The minimum atomic E-state index is -0.940. The van der Waals surface area contributed by atoms with Crippen LogP contribution in [0.15, 0.2) is 30.3 Å². The molecule has 1 aromatic carbocycles. The molecule has 1 amide bonds. The van der Waals surface area contributed by atoms with E-state index >= 15 is 0 Å². The van der Waals surface area contributed by atoms with E-state index in [9.17, 15) is 9.59 Å². The standard InChI is InChI=1S/C17H19NO3/c19-16(18-10-14-2-1-3-15(14)11-18)9-6-12-4-7-13(8-5-12)17(20)21/h4-9,14-15H,1-3,10-11H2,(H,20,21)/b9-6+/t14-,15+. The van der Waals surface area contributed by atoms with Gasteiger partial charge in [0.25, 0.3) is 0 Å². The van der Waals surface area contributed by atoms with Crippen LogP contribution in [-0.2, 0) is 4.79 Å². The highest BCUT2D eigenvalue weighted by molar-refractivity contribution is 5.92. The lowest BCUT2D eigenvalue weighted by Gasteiger charge is -2.14. The van der Waals surface area contributed by atoms with Gasteiger partial charge in [-0.2, -0.15) is 0 Å². The molecule has 2 fully saturated rings. The van der Waals surface area contributed by atoms with Crippen LogP contribution in [0.25, 0.3) is 6.08 Å². The Morgan fingerprint density at radius 1 is 1.10 bits per heavy atom. The zero-order valence-corrected chi connectivity index (χ0v) is 11.9. The van der Waals surface area contributed by atoms with Gasteiger partial charge in [-0.3, -0.25) is 4.79 Å². The fourth-order valence-electron chi connectivity index (χ4n) is 3.42. The van der Waals surface area contributed by atoms with Crippen LogP contribution < -0.4 is 0 Å². The fourth-order valence-corrected chi connectivity index (χ4v) is 3.42. The quantitative estimate of drug-likeness (QED) is 0.869. The predicted molar refractivity (Wildman–Crippen MR) is 79.8 cm³/mol. The number of likely N-dealkylation sites (tertiary alicyclic amines) is 1. The van der Waals surface area contributed by atoms with E-state index in [2.05, 4.69) is 0 Å². The molecule has 3 rings (SSSR count). The van der Waals surface area contributed by atoms with E-state index in [1.807, 2.05) is 4.90 Å². The number of hydrogen-bond acceptors (Lipinski definition) is 2. The molecule has 0 unspecified atom stereocenters.